The van der Waals surface area contributed by atoms with E-state index in [9.17, 15) is 23.8 Å². The van der Waals surface area contributed by atoms with Gasteiger partial charge in [0.05, 0.1) is 13.2 Å². The molecule has 50 heavy (non-hydrogen) atoms. The maximum atomic E-state index is 12.5. The number of hydrogen-bond donors (Lipinski definition) is 3. The molecule has 0 aliphatic heterocycles. The highest BCUT2D eigenvalue weighted by Crippen LogP contribution is 2.43. The Morgan fingerprint density at radius 1 is 0.600 bits per heavy atom. The molecular weight excluding hydrogens is 661 g/mol. The van der Waals surface area contributed by atoms with E-state index in [1.807, 2.05) is 0 Å². The molecule has 4 N–H and O–H groups in total. The second-order valence-corrected chi connectivity index (χ2v) is 14.9. The van der Waals surface area contributed by atoms with Crippen molar-refractivity contribution in [1.29, 1.82) is 0 Å². The summed E-state index contributed by atoms with van der Waals surface area (Å²) in [5, 5.41) is 8.85. The number of carbonyl (C=O) groups excluding carboxylic acids is 2. The van der Waals surface area contributed by atoms with Crippen LogP contribution in [0.25, 0.3) is 0 Å². The first-order chi connectivity index (χ1) is 24.1. The molecule has 0 saturated heterocycles. The van der Waals surface area contributed by atoms with Gasteiger partial charge in [-0.1, -0.05) is 148 Å². The minimum atomic E-state index is -4.70. The van der Waals surface area contributed by atoms with Gasteiger partial charge in [0.25, 0.3) is 0 Å². The van der Waals surface area contributed by atoms with Crippen molar-refractivity contribution in [1.82, 2.24) is 0 Å². The van der Waals surface area contributed by atoms with Crippen LogP contribution in [0.1, 0.15) is 181 Å². The lowest BCUT2D eigenvalue weighted by molar-refractivity contribution is -0.161. The van der Waals surface area contributed by atoms with Crippen LogP contribution >= 0.6 is 7.82 Å². The van der Waals surface area contributed by atoms with E-state index in [4.69, 9.17) is 24.8 Å². The molecule has 12 heteroatoms. The van der Waals surface area contributed by atoms with Crippen molar-refractivity contribution in [2.45, 2.75) is 193 Å². The Morgan fingerprint density at radius 2 is 1.04 bits per heavy atom. The molecule has 0 radical (unpaired) electrons. The molecule has 0 heterocycles. The lowest BCUT2D eigenvalue weighted by atomic mass is 10.0. The van der Waals surface area contributed by atoms with E-state index >= 15 is 0 Å². The van der Waals surface area contributed by atoms with Gasteiger partial charge in [-0.15, -0.1) is 0 Å². The predicted octanol–water partition coefficient (Wildman–Crippen LogP) is 9.73. The number of phosphoric acid groups is 1. The Bertz CT molecular complexity index is 916. The fourth-order valence-corrected chi connectivity index (χ4v) is 6.14. The number of carboxylic acids is 1. The number of phosphoric ester groups is 1. The molecule has 0 spiro atoms. The maximum Gasteiger partial charge on any atom is 0.472 e. The van der Waals surface area contributed by atoms with Crippen molar-refractivity contribution >= 4 is 25.7 Å². The van der Waals surface area contributed by atoms with E-state index in [1.165, 1.54) is 77.0 Å². The van der Waals surface area contributed by atoms with Crippen LogP contribution in [0.3, 0.4) is 0 Å². The molecule has 11 nitrogen and oxygen atoms in total. The Labute approximate surface area is 303 Å². The van der Waals surface area contributed by atoms with Gasteiger partial charge in [0.1, 0.15) is 12.6 Å². The monoisotopic (exact) mass is 733 g/mol. The number of hydrogen-bond acceptors (Lipinski definition) is 9. The van der Waals surface area contributed by atoms with Crippen molar-refractivity contribution in [2.75, 3.05) is 19.8 Å². The number of esters is 2. The number of allylic oxidation sites excluding steroid dienone is 2. The number of aliphatic carboxylic acids is 1. The number of carbonyl (C=O) groups is 3. The Morgan fingerprint density at radius 3 is 1.54 bits per heavy atom. The van der Waals surface area contributed by atoms with Crippen LogP contribution in [-0.4, -0.2) is 59.9 Å². The van der Waals surface area contributed by atoms with Crippen molar-refractivity contribution in [3.63, 3.8) is 0 Å². The number of carboxylic acid groups (broad SMARTS) is 1. The minimum absolute atomic E-state index is 0.154. The smallest absolute Gasteiger partial charge is 0.472 e. The lowest BCUT2D eigenvalue weighted by Gasteiger charge is -2.20. The third-order valence-corrected chi connectivity index (χ3v) is 9.45. The van der Waals surface area contributed by atoms with Gasteiger partial charge in [-0.3, -0.25) is 23.4 Å². The molecule has 0 aromatic heterocycles. The average Bonchev–Trinajstić information content (AvgIpc) is 3.09. The van der Waals surface area contributed by atoms with Gasteiger partial charge < -0.3 is 25.2 Å². The highest BCUT2D eigenvalue weighted by molar-refractivity contribution is 7.47. The molecule has 0 aliphatic rings. The molecular formula is C38H72NO10P. The van der Waals surface area contributed by atoms with E-state index < -0.39 is 51.1 Å². The molecule has 0 saturated carbocycles. The third kappa shape index (κ3) is 33.4. The van der Waals surface area contributed by atoms with Gasteiger partial charge in [0, 0.05) is 12.8 Å². The van der Waals surface area contributed by atoms with E-state index in [0.29, 0.717) is 12.8 Å². The Kier molecular flexibility index (Phi) is 33.1. The third-order valence-electron chi connectivity index (χ3n) is 8.49. The molecule has 0 aliphatic carbocycles. The highest BCUT2D eigenvalue weighted by atomic mass is 31.2. The van der Waals surface area contributed by atoms with Crippen molar-refractivity contribution < 1.29 is 47.5 Å². The molecule has 0 amide bonds. The summed E-state index contributed by atoms with van der Waals surface area (Å²) in [5.41, 5.74) is 5.31. The normalized spacial score (nSPS) is 14.0. The summed E-state index contributed by atoms with van der Waals surface area (Å²) in [6.07, 6.45) is 31.5. The first kappa shape index (κ1) is 48.2. The summed E-state index contributed by atoms with van der Waals surface area (Å²) in [6.45, 7) is 2.73. The Balaban J connectivity index is 4.35. The molecule has 294 valence electrons. The van der Waals surface area contributed by atoms with E-state index in [1.54, 1.807) is 0 Å². The van der Waals surface area contributed by atoms with Crippen LogP contribution in [-0.2, 0) is 37.5 Å². The SMILES string of the molecule is CCC/C=C\CCCCCCCC(=O)OC(COC(=O)CCCCCCCCCCCCCCCCCC)COP(=O)(O)OCC(N)C(=O)O. The van der Waals surface area contributed by atoms with Crippen LogP contribution in [0, 0.1) is 0 Å². The lowest BCUT2D eigenvalue weighted by Crippen LogP contribution is -2.34. The molecule has 0 fully saturated rings. The van der Waals surface area contributed by atoms with Gasteiger partial charge >= 0.3 is 25.7 Å². The second-order valence-electron chi connectivity index (χ2n) is 13.4. The summed E-state index contributed by atoms with van der Waals surface area (Å²) in [7, 11) is -4.70. The minimum Gasteiger partial charge on any atom is -0.480 e. The summed E-state index contributed by atoms with van der Waals surface area (Å²) in [6, 6.07) is -1.52. The number of ether oxygens (including phenoxy) is 2. The van der Waals surface area contributed by atoms with Crippen molar-refractivity contribution in [3.05, 3.63) is 12.2 Å². The van der Waals surface area contributed by atoms with E-state index in [2.05, 4.69) is 30.5 Å². The first-order valence-electron chi connectivity index (χ1n) is 19.7. The molecule has 3 atom stereocenters. The number of rotatable bonds is 37. The zero-order chi connectivity index (χ0) is 37.1. The summed E-state index contributed by atoms with van der Waals surface area (Å²) < 4.78 is 32.5. The fraction of sp³-hybridized carbons (Fsp3) is 0.868. The average molecular weight is 734 g/mol. The quantitative estimate of drug-likeness (QED) is 0.0240. The maximum absolute atomic E-state index is 12.5. The van der Waals surface area contributed by atoms with Gasteiger partial charge in [0.2, 0.25) is 0 Å². The standard InChI is InChI=1S/C38H72NO10P/c1-3-5-7-9-11-13-15-16-17-18-19-20-22-23-25-27-29-36(40)46-31-34(32-47-50(44,45)48-33-35(39)38(42)43)49-37(41)30-28-26-24-21-14-12-10-8-6-4-2/h8,10,34-35H,3-7,9,11-33,39H2,1-2H3,(H,42,43)(H,44,45)/b10-8-. The zero-order valence-electron chi connectivity index (χ0n) is 31.5. The largest absolute Gasteiger partial charge is 0.480 e. The topological polar surface area (TPSA) is 172 Å². The first-order valence-corrected chi connectivity index (χ1v) is 21.2. The van der Waals surface area contributed by atoms with Crippen LogP contribution in [0.5, 0.6) is 0 Å². The molecule has 0 bridgehead atoms. The van der Waals surface area contributed by atoms with Gasteiger partial charge in [0.15, 0.2) is 6.10 Å². The van der Waals surface area contributed by atoms with Crippen molar-refractivity contribution in [3.8, 4) is 0 Å². The summed E-state index contributed by atoms with van der Waals surface area (Å²) >= 11 is 0. The summed E-state index contributed by atoms with van der Waals surface area (Å²) in [4.78, 5) is 45.7. The summed E-state index contributed by atoms with van der Waals surface area (Å²) in [5.74, 6) is -2.38. The fourth-order valence-electron chi connectivity index (χ4n) is 5.36. The van der Waals surface area contributed by atoms with Crippen LogP contribution < -0.4 is 5.73 Å². The van der Waals surface area contributed by atoms with Gasteiger partial charge in [-0.25, -0.2) is 4.57 Å². The molecule has 3 unspecified atom stereocenters. The number of nitrogens with two attached hydrogens (primary N) is 1. The van der Waals surface area contributed by atoms with Gasteiger partial charge in [-0.2, -0.15) is 0 Å². The molecule has 0 aromatic carbocycles. The molecule has 0 aromatic rings. The highest BCUT2D eigenvalue weighted by Gasteiger charge is 2.28. The zero-order valence-corrected chi connectivity index (χ0v) is 32.4. The van der Waals surface area contributed by atoms with Crippen LogP contribution in [0.2, 0.25) is 0 Å². The van der Waals surface area contributed by atoms with Crippen molar-refractivity contribution in [2.24, 2.45) is 5.73 Å². The Hall–Kier alpha value is -1.78. The number of unbranched alkanes of at least 4 members (excludes halogenated alkanes) is 21. The predicted molar refractivity (Wildman–Crippen MR) is 199 cm³/mol. The molecule has 0 rings (SSSR count). The van der Waals surface area contributed by atoms with Crippen LogP contribution in [0.15, 0.2) is 12.2 Å². The van der Waals surface area contributed by atoms with E-state index in [-0.39, 0.29) is 19.4 Å². The van der Waals surface area contributed by atoms with Crippen LogP contribution in [0.4, 0.5) is 0 Å². The van der Waals surface area contributed by atoms with Gasteiger partial charge in [-0.05, 0) is 32.1 Å². The second kappa shape index (κ2) is 34.3. The van der Waals surface area contributed by atoms with E-state index in [0.717, 1.165) is 64.2 Å².